The maximum atomic E-state index is 9.39. The van der Waals surface area contributed by atoms with Gasteiger partial charge in [0.25, 0.3) is 0 Å². The van der Waals surface area contributed by atoms with Crippen LogP contribution < -0.4 is 0 Å². The van der Waals surface area contributed by atoms with E-state index in [9.17, 15) is 10.5 Å². The molecule has 8 nitrogen and oxygen atoms in total. The standard InChI is InChI=1S/C20H12N8/c21-11-15-13-23-27(17-7-3-1-4-8-17)19(15)25-26-20-16(12-22)14-24-28(20)18-9-5-2-6-10-18/h1-10,13-14H/b26-25+. The van der Waals surface area contributed by atoms with Crippen molar-refractivity contribution in [3.8, 4) is 23.5 Å². The normalized spacial score (nSPS) is 10.6. The van der Waals surface area contributed by atoms with Crippen LogP contribution in [-0.4, -0.2) is 19.6 Å². The van der Waals surface area contributed by atoms with Crippen molar-refractivity contribution in [3.63, 3.8) is 0 Å². The van der Waals surface area contributed by atoms with Gasteiger partial charge in [-0.05, 0) is 24.3 Å². The summed E-state index contributed by atoms with van der Waals surface area (Å²) >= 11 is 0. The first kappa shape index (κ1) is 16.9. The minimum Gasteiger partial charge on any atom is -0.212 e. The Kier molecular flexibility index (Phi) is 4.44. The Morgan fingerprint density at radius 3 is 1.39 bits per heavy atom. The van der Waals surface area contributed by atoms with E-state index in [0.717, 1.165) is 11.4 Å². The van der Waals surface area contributed by atoms with Crippen molar-refractivity contribution >= 4 is 11.6 Å². The average Bonchev–Trinajstić information content (AvgIpc) is 3.36. The van der Waals surface area contributed by atoms with Crippen molar-refractivity contribution in [1.29, 1.82) is 10.5 Å². The van der Waals surface area contributed by atoms with Crippen LogP contribution >= 0.6 is 0 Å². The second-order valence-corrected chi connectivity index (χ2v) is 5.68. The van der Waals surface area contributed by atoms with Crippen molar-refractivity contribution < 1.29 is 0 Å². The molecule has 4 aromatic rings. The fourth-order valence-electron chi connectivity index (χ4n) is 2.65. The summed E-state index contributed by atoms with van der Waals surface area (Å²) in [6, 6.07) is 22.8. The number of benzene rings is 2. The number of rotatable bonds is 4. The maximum absolute atomic E-state index is 9.39. The van der Waals surface area contributed by atoms with Gasteiger partial charge >= 0.3 is 0 Å². The molecule has 0 aliphatic carbocycles. The highest BCUT2D eigenvalue weighted by Gasteiger charge is 2.15. The maximum Gasteiger partial charge on any atom is 0.195 e. The van der Waals surface area contributed by atoms with Crippen LogP contribution in [-0.2, 0) is 0 Å². The third-order valence-corrected chi connectivity index (χ3v) is 3.97. The molecule has 4 rings (SSSR count). The van der Waals surface area contributed by atoms with E-state index in [1.807, 2.05) is 60.7 Å². The van der Waals surface area contributed by atoms with E-state index < -0.39 is 0 Å². The van der Waals surface area contributed by atoms with Crippen LogP contribution in [0.4, 0.5) is 11.6 Å². The van der Waals surface area contributed by atoms with E-state index in [1.54, 1.807) is 0 Å². The highest BCUT2D eigenvalue weighted by molar-refractivity contribution is 5.54. The molecule has 0 fully saturated rings. The molecule has 2 aromatic carbocycles. The molecule has 0 amide bonds. The summed E-state index contributed by atoms with van der Waals surface area (Å²) in [6.45, 7) is 0. The number of aromatic nitrogens is 4. The predicted molar refractivity (Wildman–Crippen MR) is 101 cm³/mol. The van der Waals surface area contributed by atoms with Crippen LogP contribution in [0.5, 0.6) is 0 Å². The molecule has 0 unspecified atom stereocenters. The highest BCUT2D eigenvalue weighted by Crippen LogP contribution is 2.28. The van der Waals surface area contributed by atoms with Gasteiger partial charge in [-0.25, -0.2) is 9.36 Å². The monoisotopic (exact) mass is 364 g/mol. The first-order valence-electron chi connectivity index (χ1n) is 8.30. The molecule has 0 N–H and O–H groups in total. The molecule has 8 heteroatoms. The largest absolute Gasteiger partial charge is 0.212 e. The van der Waals surface area contributed by atoms with Crippen molar-refractivity contribution in [2.24, 2.45) is 10.2 Å². The topological polar surface area (TPSA) is 108 Å². The van der Waals surface area contributed by atoms with Gasteiger partial charge in [-0.15, -0.1) is 10.2 Å². The second-order valence-electron chi connectivity index (χ2n) is 5.68. The smallest absolute Gasteiger partial charge is 0.195 e. The molecular formula is C20H12N8. The zero-order chi connectivity index (χ0) is 19.3. The number of nitrogens with zero attached hydrogens (tertiary/aromatic N) is 8. The van der Waals surface area contributed by atoms with Gasteiger partial charge in [0.1, 0.15) is 23.3 Å². The molecule has 0 spiro atoms. The SMILES string of the molecule is N#Cc1cnn(-c2ccccc2)c1/N=N/c1c(C#N)cnn1-c1ccccc1. The second kappa shape index (κ2) is 7.36. The summed E-state index contributed by atoms with van der Waals surface area (Å²) in [4.78, 5) is 0. The van der Waals surface area contributed by atoms with Crippen LogP contribution in [0.15, 0.2) is 83.3 Å². The molecule has 0 aliphatic heterocycles. The number of azo groups is 1. The fourth-order valence-corrected chi connectivity index (χ4v) is 2.65. The minimum absolute atomic E-state index is 0.275. The molecule has 2 aromatic heterocycles. The summed E-state index contributed by atoms with van der Waals surface area (Å²) in [6.07, 6.45) is 2.86. The lowest BCUT2D eigenvalue weighted by Crippen LogP contribution is -1.96. The van der Waals surface area contributed by atoms with Crippen LogP contribution in [0.25, 0.3) is 11.4 Å². The Balaban J connectivity index is 1.82. The van der Waals surface area contributed by atoms with Gasteiger partial charge in [0.2, 0.25) is 0 Å². The molecule has 28 heavy (non-hydrogen) atoms. The van der Waals surface area contributed by atoms with E-state index in [4.69, 9.17) is 0 Å². The Hall–Kier alpha value is -4.56. The molecule has 0 aliphatic rings. The van der Waals surface area contributed by atoms with Crippen molar-refractivity contribution in [3.05, 3.63) is 84.2 Å². The van der Waals surface area contributed by atoms with Gasteiger partial charge in [0, 0.05) is 0 Å². The Bertz CT molecular complexity index is 1120. The summed E-state index contributed by atoms with van der Waals surface area (Å²) in [5, 5.41) is 35.7. The highest BCUT2D eigenvalue weighted by atomic mass is 15.4. The first-order valence-corrected chi connectivity index (χ1v) is 8.30. The molecule has 0 bridgehead atoms. The van der Waals surface area contributed by atoms with E-state index in [2.05, 4.69) is 32.6 Å². The zero-order valence-electron chi connectivity index (χ0n) is 14.5. The van der Waals surface area contributed by atoms with Gasteiger partial charge in [-0.2, -0.15) is 20.7 Å². The quantitative estimate of drug-likeness (QED) is 0.505. The third-order valence-electron chi connectivity index (χ3n) is 3.97. The number of hydrogen-bond acceptors (Lipinski definition) is 6. The summed E-state index contributed by atoms with van der Waals surface area (Å²) in [5.41, 5.74) is 2.04. The van der Waals surface area contributed by atoms with Crippen LogP contribution in [0.2, 0.25) is 0 Å². The molecular weight excluding hydrogens is 352 g/mol. The number of hydrogen-bond donors (Lipinski definition) is 0. The van der Waals surface area contributed by atoms with Gasteiger partial charge in [0.05, 0.1) is 23.8 Å². The van der Waals surface area contributed by atoms with Crippen molar-refractivity contribution in [2.75, 3.05) is 0 Å². The summed E-state index contributed by atoms with van der Waals surface area (Å²) < 4.78 is 3.05. The Morgan fingerprint density at radius 1 is 0.643 bits per heavy atom. The summed E-state index contributed by atoms with van der Waals surface area (Å²) in [7, 11) is 0. The lowest BCUT2D eigenvalue weighted by molar-refractivity contribution is 0.849. The number of nitriles is 2. The molecule has 2 heterocycles. The van der Waals surface area contributed by atoms with Crippen molar-refractivity contribution in [2.45, 2.75) is 0 Å². The number of para-hydroxylation sites is 2. The summed E-state index contributed by atoms with van der Waals surface area (Å²) in [5.74, 6) is 0.553. The van der Waals surface area contributed by atoms with E-state index in [0.29, 0.717) is 0 Å². The third kappa shape index (κ3) is 3.02. The zero-order valence-corrected chi connectivity index (χ0v) is 14.5. The lowest BCUT2D eigenvalue weighted by atomic mass is 10.3. The van der Waals surface area contributed by atoms with Crippen LogP contribution in [0.3, 0.4) is 0 Å². The fraction of sp³-hybridized carbons (Fsp3) is 0. The molecule has 0 saturated heterocycles. The average molecular weight is 364 g/mol. The Morgan fingerprint density at radius 2 is 1.04 bits per heavy atom. The molecule has 0 atom stereocenters. The minimum atomic E-state index is 0.275. The molecule has 0 saturated carbocycles. The predicted octanol–water partition coefficient (Wildman–Crippen LogP) is 4.22. The van der Waals surface area contributed by atoms with Gasteiger partial charge < -0.3 is 0 Å². The van der Waals surface area contributed by atoms with Gasteiger partial charge in [0.15, 0.2) is 11.6 Å². The Labute approximate surface area is 160 Å². The van der Waals surface area contributed by atoms with E-state index in [-0.39, 0.29) is 22.8 Å². The van der Waals surface area contributed by atoms with Crippen LogP contribution in [0.1, 0.15) is 11.1 Å². The van der Waals surface area contributed by atoms with Gasteiger partial charge in [-0.3, -0.25) is 0 Å². The van der Waals surface area contributed by atoms with E-state index >= 15 is 0 Å². The molecule has 132 valence electrons. The van der Waals surface area contributed by atoms with Crippen molar-refractivity contribution in [1.82, 2.24) is 19.6 Å². The lowest BCUT2D eigenvalue weighted by Gasteiger charge is -2.04. The first-order chi connectivity index (χ1) is 13.8. The van der Waals surface area contributed by atoms with Gasteiger partial charge in [-0.1, -0.05) is 36.4 Å². The molecule has 0 radical (unpaired) electrons. The van der Waals surface area contributed by atoms with E-state index in [1.165, 1.54) is 21.8 Å². The van der Waals surface area contributed by atoms with Crippen LogP contribution in [0, 0.1) is 22.7 Å².